The van der Waals surface area contributed by atoms with Crippen LogP contribution in [0.15, 0.2) is 18.2 Å². The summed E-state index contributed by atoms with van der Waals surface area (Å²) in [5, 5.41) is 9.72. The molecular formula is C23H29N3O3. The second-order valence-electron chi connectivity index (χ2n) is 9.17. The quantitative estimate of drug-likeness (QED) is 0.867. The molecule has 154 valence electrons. The van der Waals surface area contributed by atoms with Crippen LogP contribution in [0.4, 0.5) is 0 Å². The van der Waals surface area contributed by atoms with Crippen LogP contribution in [0.1, 0.15) is 67.0 Å². The lowest BCUT2D eigenvalue weighted by molar-refractivity contribution is -0.128. The summed E-state index contributed by atoms with van der Waals surface area (Å²) in [5.41, 5.74) is 3.15. The second-order valence-corrected chi connectivity index (χ2v) is 9.17. The van der Waals surface area contributed by atoms with Crippen molar-refractivity contribution < 1.29 is 14.7 Å². The predicted octanol–water partition coefficient (Wildman–Crippen LogP) is 3.03. The fourth-order valence-electron chi connectivity index (χ4n) is 5.23. The smallest absolute Gasteiger partial charge is 0.290 e. The maximum absolute atomic E-state index is 13.2. The van der Waals surface area contributed by atoms with Crippen LogP contribution >= 0.6 is 0 Å². The summed E-state index contributed by atoms with van der Waals surface area (Å²) in [6.45, 7) is 0.782. The van der Waals surface area contributed by atoms with Crippen molar-refractivity contribution in [2.24, 2.45) is 18.9 Å². The van der Waals surface area contributed by atoms with Crippen molar-refractivity contribution in [3.8, 4) is 0 Å². The van der Waals surface area contributed by atoms with Gasteiger partial charge in [0.05, 0.1) is 23.7 Å². The SMILES string of the molecule is Cn1c(C(=O)N2CCC(C3CCC(O)CC3)C(=O)C2)nc2ccc(C3CC3)cc21. The van der Waals surface area contributed by atoms with Crippen molar-refractivity contribution in [3.63, 3.8) is 0 Å². The number of likely N-dealkylation sites (tertiary alicyclic amines) is 1. The molecule has 3 fully saturated rings. The average Bonchev–Trinajstić information content (AvgIpc) is 3.52. The first-order chi connectivity index (χ1) is 14.0. The van der Waals surface area contributed by atoms with E-state index in [2.05, 4.69) is 17.1 Å². The number of aliphatic hydroxyl groups excluding tert-OH is 1. The van der Waals surface area contributed by atoms with Crippen LogP contribution in [-0.2, 0) is 11.8 Å². The van der Waals surface area contributed by atoms with Crippen LogP contribution in [0.3, 0.4) is 0 Å². The molecule has 1 saturated heterocycles. The van der Waals surface area contributed by atoms with Gasteiger partial charge in [0.2, 0.25) is 0 Å². The number of piperidine rings is 1. The van der Waals surface area contributed by atoms with Crippen LogP contribution < -0.4 is 0 Å². The van der Waals surface area contributed by atoms with Crippen molar-refractivity contribution in [2.45, 2.75) is 57.0 Å². The van der Waals surface area contributed by atoms with Gasteiger partial charge in [0, 0.05) is 19.5 Å². The van der Waals surface area contributed by atoms with Crippen LogP contribution in [-0.4, -0.2) is 50.4 Å². The number of amides is 1. The van der Waals surface area contributed by atoms with E-state index in [1.165, 1.54) is 18.4 Å². The van der Waals surface area contributed by atoms with Crippen LogP contribution in [0.25, 0.3) is 11.0 Å². The number of aliphatic hydroxyl groups is 1. The molecule has 2 aromatic rings. The normalized spacial score (nSPS) is 28.1. The Morgan fingerprint density at radius 3 is 2.55 bits per heavy atom. The van der Waals surface area contributed by atoms with Gasteiger partial charge in [-0.3, -0.25) is 9.59 Å². The third kappa shape index (κ3) is 3.48. The Morgan fingerprint density at radius 2 is 1.86 bits per heavy atom. The molecule has 0 bridgehead atoms. The number of hydrogen-bond acceptors (Lipinski definition) is 4. The average molecular weight is 396 g/mol. The summed E-state index contributed by atoms with van der Waals surface area (Å²) in [4.78, 5) is 32.2. The number of rotatable bonds is 3. The molecule has 1 aromatic carbocycles. The number of nitrogens with zero attached hydrogens (tertiary/aromatic N) is 3. The summed E-state index contributed by atoms with van der Waals surface area (Å²) in [5.74, 6) is 1.49. The van der Waals surface area contributed by atoms with E-state index in [-0.39, 0.29) is 30.3 Å². The zero-order chi connectivity index (χ0) is 20.1. The van der Waals surface area contributed by atoms with Gasteiger partial charge in [0.1, 0.15) is 0 Å². The van der Waals surface area contributed by atoms with Crippen LogP contribution in [0.2, 0.25) is 0 Å². The van der Waals surface area contributed by atoms with Gasteiger partial charge in [0.15, 0.2) is 11.6 Å². The number of carbonyl (C=O) groups is 2. The highest BCUT2D eigenvalue weighted by molar-refractivity contribution is 5.98. The fourth-order valence-corrected chi connectivity index (χ4v) is 5.23. The fraction of sp³-hybridized carbons (Fsp3) is 0.609. The van der Waals surface area contributed by atoms with E-state index in [4.69, 9.17) is 0 Å². The van der Waals surface area contributed by atoms with Gasteiger partial charge in [-0.25, -0.2) is 4.98 Å². The van der Waals surface area contributed by atoms with Crippen molar-refractivity contribution in [1.29, 1.82) is 0 Å². The number of ketones is 1. The molecule has 1 unspecified atom stereocenters. The summed E-state index contributed by atoms with van der Waals surface area (Å²) >= 11 is 0. The molecule has 2 heterocycles. The number of aromatic nitrogens is 2. The maximum Gasteiger partial charge on any atom is 0.290 e. The van der Waals surface area contributed by atoms with Gasteiger partial charge < -0.3 is 14.6 Å². The predicted molar refractivity (Wildman–Crippen MR) is 110 cm³/mol. The summed E-state index contributed by atoms with van der Waals surface area (Å²) < 4.78 is 1.88. The zero-order valence-electron chi connectivity index (χ0n) is 17.0. The summed E-state index contributed by atoms with van der Waals surface area (Å²) in [6.07, 6.45) is 6.42. The van der Waals surface area contributed by atoms with Crippen molar-refractivity contribution in [2.75, 3.05) is 13.1 Å². The van der Waals surface area contributed by atoms with E-state index in [0.29, 0.717) is 24.2 Å². The molecular weight excluding hydrogens is 366 g/mol. The number of aryl methyl sites for hydroxylation is 1. The van der Waals surface area contributed by atoms with E-state index in [9.17, 15) is 14.7 Å². The molecule has 1 atom stereocenters. The molecule has 0 spiro atoms. The molecule has 3 aliphatic rings. The van der Waals surface area contributed by atoms with Gasteiger partial charge in [-0.15, -0.1) is 0 Å². The third-order valence-corrected chi connectivity index (χ3v) is 7.21. The van der Waals surface area contributed by atoms with Gasteiger partial charge in [-0.1, -0.05) is 6.07 Å². The van der Waals surface area contributed by atoms with E-state index in [1.54, 1.807) is 4.90 Å². The molecule has 2 aliphatic carbocycles. The molecule has 1 aromatic heterocycles. The molecule has 1 aliphatic heterocycles. The van der Waals surface area contributed by atoms with Crippen molar-refractivity contribution >= 4 is 22.7 Å². The number of fused-ring (bicyclic) bond motifs is 1. The number of imidazole rings is 1. The first kappa shape index (κ1) is 18.8. The lowest BCUT2D eigenvalue weighted by Gasteiger charge is -2.37. The molecule has 0 radical (unpaired) electrons. The van der Waals surface area contributed by atoms with Crippen LogP contribution in [0.5, 0.6) is 0 Å². The van der Waals surface area contributed by atoms with E-state index < -0.39 is 0 Å². The van der Waals surface area contributed by atoms with Gasteiger partial charge in [-0.2, -0.15) is 0 Å². The molecule has 6 heteroatoms. The molecule has 1 N–H and O–H groups in total. The van der Waals surface area contributed by atoms with Crippen molar-refractivity contribution in [1.82, 2.24) is 14.5 Å². The molecule has 1 amide bonds. The third-order valence-electron chi connectivity index (χ3n) is 7.21. The minimum Gasteiger partial charge on any atom is -0.393 e. The zero-order valence-corrected chi connectivity index (χ0v) is 17.0. The highest BCUT2D eigenvalue weighted by Gasteiger charge is 2.37. The van der Waals surface area contributed by atoms with Crippen LogP contribution in [0, 0.1) is 11.8 Å². The minimum absolute atomic E-state index is 0.0353. The first-order valence-electron chi connectivity index (χ1n) is 11.0. The molecule has 2 saturated carbocycles. The van der Waals surface area contributed by atoms with E-state index in [1.807, 2.05) is 17.7 Å². The Labute approximate surface area is 170 Å². The number of carbonyl (C=O) groups excluding carboxylic acids is 2. The van der Waals surface area contributed by atoms with Crippen molar-refractivity contribution in [3.05, 3.63) is 29.6 Å². The second kappa shape index (κ2) is 7.24. The lowest BCUT2D eigenvalue weighted by Crippen LogP contribution is -2.47. The molecule has 29 heavy (non-hydrogen) atoms. The Hall–Kier alpha value is -2.21. The maximum atomic E-state index is 13.2. The molecule has 5 rings (SSSR count). The minimum atomic E-state index is -0.207. The highest BCUT2D eigenvalue weighted by atomic mass is 16.3. The van der Waals surface area contributed by atoms with Gasteiger partial charge >= 0.3 is 0 Å². The Bertz CT molecular complexity index is 954. The largest absolute Gasteiger partial charge is 0.393 e. The standard InChI is InChI=1S/C23H29N3O3/c1-25-20-12-16(14-2-3-14)6-9-19(20)24-22(25)23(29)26-11-10-18(21(28)13-26)15-4-7-17(27)8-5-15/h6,9,12,14-15,17-18,27H,2-5,7-8,10-11,13H2,1H3. The Morgan fingerprint density at radius 1 is 1.10 bits per heavy atom. The summed E-state index contributed by atoms with van der Waals surface area (Å²) in [7, 11) is 1.89. The number of benzene rings is 1. The summed E-state index contributed by atoms with van der Waals surface area (Å²) in [6, 6.07) is 6.29. The van der Waals surface area contributed by atoms with Gasteiger partial charge in [-0.05, 0) is 74.5 Å². The van der Waals surface area contributed by atoms with Gasteiger partial charge in [0.25, 0.3) is 5.91 Å². The highest BCUT2D eigenvalue weighted by Crippen LogP contribution is 2.41. The number of Topliss-reactive ketones (excluding diaryl/α,β-unsaturated/α-hetero) is 1. The first-order valence-corrected chi connectivity index (χ1v) is 11.0. The topological polar surface area (TPSA) is 75.4 Å². The molecule has 6 nitrogen and oxygen atoms in total. The lowest BCUT2D eigenvalue weighted by atomic mass is 9.74. The Kier molecular flexibility index (Phi) is 4.69. The Balaban J connectivity index is 1.31. The number of hydrogen-bond donors (Lipinski definition) is 1. The monoisotopic (exact) mass is 395 g/mol. The van der Waals surface area contributed by atoms with E-state index >= 15 is 0 Å². The van der Waals surface area contributed by atoms with E-state index in [0.717, 1.165) is 43.1 Å².